The van der Waals surface area contributed by atoms with Gasteiger partial charge in [0.1, 0.15) is 5.82 Å². The van der Waals surface area contributed by atoms with Gasteiger partial charge in [0.25, 0.3) is 0 Å². The first kappa shape index (κ1) is 17.8. The highest BCUT2D eigenvalue weighted by atomic mass is 35.5. The lowest BCUT2D eigenvalue weighted by atomic mass is 10.2. The van der Waals surface area contributed by atoms with Crippen molar-refractivity contribution in [3.8, 4) is 5.69 Å². The minimum atomic E-state index is -0.299. The molecule has 0 N–H and O–H groups in total. The number of benzene rings is 2. The number of hydrogen-bond acceptors (Lipinski definition) is 2. The molecule has 0 radical (unpaired) electrons. The molecule has 0 saturated heterocycles. The van der Waals surface area contributed by atoms with Crippen molar-refractivity contribution in [1.82, 2.24) is 4.57 Å². The van der Waals surface area contributed by atoms with Crippen molar-refractivity contribution >= 4 is 29.1 Å². The quantitative estimate of drug-likeness (QED) is 0.412. The first-order valence-electron chi connectivity index (χ1n) is 7.83. The number of hydrogen-bond donors (Lipinski definition) is 0. The molecule has 25 heavy (non-hydrogen) atoms. The molecule has 0 aliphatic carbocycles. The van der Waals surface area contributed by atoms with Gasteiger partial charge in [-0.3, -0.25) is 4.79 Å². The number of nitrogens with zero attached hydrogens (tertiary/aromatic N) is 1. The van der Waals surface area contributed by atoms with E-state index in [0.29, 0.717) is 15.5 Å². The number of aryl methyl sites for hydroxylation is 1. The highest BCUT2D eigenvalue weighted by Gasteiger charge is 2.17. The maximum atomic E-state index is 13.7. The molecular formula is C20H17ClFNOS. The molecule has 3 aromatic rings. The van der Waals surface area contributed by atoms with E-state index in [2.05, 4.69) is 0 Å². The maximum absolute atomic E-state index is 13.7. The van der Waals surface area contributed by atoms with Crippen LogP contribution >= 0.6 is 23.4 Å². The first-order valence-corrected chi connectivity index (χ1v) is 9.19. The third-order valence-corrected chi connectivity index (χ3v) is 5.31. The van der Waals surface area contributed by atoms with E-state index in [9.17, 15) is 9.18 Å². The summed E-state index contributed by atoms with van der Waals surface area (Å²) < 4.78 is 15.7. The summed E-state index contributed by atoms with van der Waals surface area (Å²) in [5.41, 5.74) is 3.47. The van der Waals surface area contributed by atoms with Gasteiger partial charge in [-0.1, -0.05) is 23.7 Å². The molecule has 1 aromatic heterocycles. The maximum Gasteiger partial charge on any atom is 0.174 e. The molecule has 0 amide bonds. The zero-order valence-electron chi connectivity index (χ0n) is 13.9. The Kier molecular flexibility index (Phi) is 5.30. The molecule has 0 spiro atoms. The van der Waals surface area contributed by atoms with Crippen molar-refractivity contribution < 1.29 is 9.18 Å². The van der Waals surface area contributed by atoms with Gasteiger partial charge in [-0.25, -0.2) is 4.39 Å². The molecule has 0 aliphatic heterocycles. The fraction of sp³-hybridized carbons (Fsp3) is 0.150. The molecule has 2 nitrogen and oxygen atoms in total. The summed E-state index contributed by atoms with van der Waals surface area (Å²) in [6, 6.07) is 15.9. The van der Waals surface area contributed by atoms with Gasteiger partial charge < -0.3 is 4.57 Å². The molecule has 0 unspecified atom stereocenters. The van der Waals surface area contributed by atoms with Crippen molar-refractivity contribution in [3.05, 3.63) is 82.4 Å². The van der Waals surface area contributed by atoms with Crippen molar-refractivity contribution in [2.45, 2.75) is 18.7 Å². The number of rotatable bonds is 5. The topological polar surface area (TPSA) is 22.0 Å². The Hall–Kier alpha value is -2.04. The third-order valence-electron chi connectivity index (χ3n) is 4.01. The Morgan fingerprint density at radius 3 is 2.48 bits per heavy atom. The second-order valence-corrected chi connectivity index (χ2v) is 7.19. The van der Waals surface area contributed by atoms with Crippen molar-refractivity contribution in [3.63, 3.8) is 0 Å². The largest absolute Gasteiger partial charge is 0.318 e. The molecular weight excluding hydrogens is 357 g/mol. The number of Topliss-reactive ketones (excluding diaryl/α,β-unsaturated/α-hetero) is 1. The lowest BCUT2D eigenvalue weighted by Crippen LogP contribution is -2.05. The van der Waals surface area contributed by atoms with E-state index in [4.69, 9.17) is 11.6 Å². The lowest BCUT2D eigenvalue weighted by molar-refractivity contribution is 0.102. The van der Waals surface area contributed by atoms with Crippen LogP contribution in [0.5, 0.6) is 0 Å². The van der Waals surface area contributed by atoms with Crippen molar-refractivity contribution in [2.75, 3.05) is 5.75 Å². The van der Waals surface area contributed by atoms with E-state index in [0.717, 1.165) is 17.1 Å². The van der Waals surface area contributed by atoms with Crippen LogP contribution in [0.25, 0.3) is 5.69 Å². The van der Waals surface area contributed by atoms with Crippen LogP contribution in [0.3, 0.4) is 0 Å². The van der Waals surface area contributed by atoms with Crippen LogP contribution < -0.4 is 0 Å². The van der Waals surface area contributed by atoms with Crippen molar-refractivity contribution in [1.29, 1.82) is 0 Å². The van der Waals surface area contributed by atoms with E-state index in [1.165, 1.54) is 17.8 Å². The van der Waals surface area contributed by atoms with Gasteiger partial charge in [0.2, 0.25) is 0 Å². The predicted octanol–water partition coefficient (Wildman–Crippen LogP) is 5.86. The molecule has 128 valence electrons. The normalized spacial score (nSPS) is 10.9. The molecule has 2 aromatic carbocycles. The number of thioether (sulfide) groups is 1. The number of carbonyl (C=O) groups excluding carboxylic acids is 1. The first-order chi connectivity index (χ1) is 12.0. The summed E-state index contributed by atoms with van der Waals surface area (Å²) in [5, 5.41) is 0.670. The minimum Gasteiger partial charge on any atom is -0.318 e. The Morgan fingerprint density at radius 2 is 1.80 bits per heavy atom. The lowest BCUT2D eigenvalue weighted by Gasteiger charge is -2.10. The van der Waals surface area contributed by atoms with Gasteiger partial charge >= 0.3 is 0 Å². The molecule has 1 heterocycles. The summed E-state index contributed by atoms with van der Waals surface area (Å²) >= 11 is 7.17. The standard InChI is InChI=1S/C20H17ClFNOS/c1-13-11-17(14(2)23(13)16-9-7-15(21)8-10-16)19(24)12-25-20-6-4-3-5-18(20)22/h3-11H,12H2,1-2H3. The molecule has 5 heteroatoms. The molecule has 0 saturated carbocycles. The van der Waals surface area contributed by atoms with Crippen LogP contribution in [-0.2, 0) is 0 Å². The molecule has 3 rings (SSSR count). The zero-order valence-corrected chi connectivity index (χ0v) is 15.5. The van der Waals surface area contributed by atoms with E-state index in [1.54, 1.807) is 18.2 Å². The molecule has 0 fully saturated rings. The van der Waals surface area contributed by atoms with Crippen LogP contribution in [0.1, 0.15) is 21.7 Å². The van der Waals surface area contributed by atoms with E-state index in [-0.39, 0.29) is 17.4 Å². The van der Waals surface area contributed by atoms with Gasteiger partial charge in [0.15, 0.2) is 5.78 Å². The minimum absolute atomic E-state index is 0.0124. The van der Waals surface area contributed by atoms with Crippen LogP contribution in [0, 0.1) is 19.7 Å². The van der Waals surface area contributed by atoms with Gasteiger partial charge in [-0.05, 0) is 56.3 Å². The second-order valence-electron chi connectivity index (χ2n) is 5.74. The molecule has 0 aliphatic rings. The van der Waals surface area contributed by atoms with Crippen molar-refractivity contribution in [2.24, 2.45) is 0 Å². The van der Waals surface area contributed by atoms with E-state index >= 15 is 0 Å². The monoisotopic (exact) mass is 373 g/mol. The van der Waals surface area contributed by atoms with E-state index < -0.39 is 0 Å². The van der Waals surface area contributed by atoms with Crippen LogP contribution in [0.2, 0.25) is 5.02 Å². The Bertz CT molecular complexity index is 918. The Morgan fingerprint density at radius 1 is 1.12 bits per heavy atom. The van der Waals surface area contributed by atoms with Crippen LogP contribution in [0.4, 0.5) is 4.39 Å². The molecule has 0 atom stereocenters. The summed E-state index contributed by atoms with van der Waals surface area (Å²) in [5.74, 6) is -0.111. The van der Waals surface area contributed by atoms with Gasteiger partial charge in [-0.15, -0.1) is 11.8 Å². The highest BCUT2D eigenvalue weighted by molar-refractivity contribution is 8.00. The summed E-state index contributed by atoms with van der Waals surface area (Å²) in [6.45, 7) is 3.88. The SMILES string of the molecule is Cc1cc(C(=O)CSc2ccccc2F)c(C)n1-c1ccc(Cl)cc1. The smallest absolute Gasteiger partial charge is 0.174 e. The summed E-state index contributed by atoms with van der Waals surface area (Å²) in [4.78, 5) is 13.1. The molecule has 0 bridgehead atoms. The Labute approximate surface area is 155 Å². The number of halogens is 2. The fourth-order valence-electron chi connectivity index (χ4n) is 2.82. The third kappa shape index (κ3) is 3.80. The average Bonchev–Trinajstić information content (AvgIpc) is 2.89. The number of aromatic nitrogens is 1. The van der Waals surface area contributed by atoms with Gasteiger partial charge in [-0.2, -0.15) is 0 Å². The van der Waals surface area contributed by atoms with Gasteiger partial charge in [0, 0.05) is 32.6 Å². The average molecular weight is 374 g/mol. The van der Waals surface area contributed by atoms with Crippen LogP contribution in [0.15, 0.2) is 59.5 Å². The highest BCUT2D eigenvalue weighted by Crippen LogP contribution is 2.26. The zero-order chi connectivity index (χ0) is 18.0. The predicted molar refractivity (Wildman–Crippen MR) is 102 cm³/mol. The second kappa shape index (κ2) is 7.46. The van der Waals surface area contributed by atoms with E-state index in [1.807, 2.05) is 48.7 Å². The Balaban J connectivity index is 1.83. The van der Waals surface area contributed by atoms with Crippen LogP contribution in [-0.4, -0.2) is 16.1 Å². The summed E-state index contributed by atoms with van der Waals surface area (Å²) in [7, 11) is 0. The number of ketones is 1. The fourth-order valence-corrected chi connectivity index (χ4v) is 3.76. The number of carbonyl (C=O) groups is 1. The van der Waals surface area contributed by atoms with Gasteiger partial charge in [0.05, 0.1) is 5.75 Å². The summed E-state index contributed by atoms with van der Waals surface area (Å²) in [6.07, 6.45) is 0.